The van der Waals surface area contributed by atoms with E-state index in [4.69, 9.17) is 0 Å². The predicted molar refractivity (Wildman–Crippen MR) is 106 cm³/mol. The molecule has 3 heterocycles. The lowest BCUT2D eigenvalue weighted by molar-refractivity contribution is -0.141. The highest BCUT2D eigenvalue weighted by molar-refractivity contribution is 5.84. The van der Waals surface area contributed by atoms with E-state index in [1.807, 2.05) is 18.5 Å². The van der Waals surface area contributed by atoms with Crippen LogP contribution < -0.4 is 0 Å². The number of amides is 1. The SMILES string of the molecule is CCN1CC2(CCN(Cc3nccn3C)CC2)C[C@H](c2ccccc2)C1=O. The average Bonchev–Trinajstić information content (AvgIpc) is 3.11. The molecule has 2 aliphatic heterocycles. The molecular formula is C22H30N4O. The van der Waals surface area contributed by atoms with Gasteiger partial charge in [0.25, 0.3) is 0 Å². The van der Waals surface area contributed by atoms with Crippen molar-refractivity contribution in [1.82, 2.24) is 19.4 Å². The summed E-state index contributed by atoms with van der Waals surface area (Å²) in [6, 6.07) is 10.4. The summed E-state index contributed by atoms with van der Waals surface area (Å²) >= 11 is 0. The van der Waals surface area contributed by atoms with Crippen molar-refractivity contribution < 1.29 is 4.79 Å². The minimum Gasteiger partial charge on any atom is -0.342 e. The van der Waals surface area contributed by atoms with Crippen molar-refractivity contribution in [3.05, 3.63) is 54.1 Å². The zero-order valence-electron chi connectivity index (χ0n) is 16.5. The van der Waals surface area contributed by atoms with Gasteiger partial charge in [-0.1, -0.05) is 30.3 Å². The van der Waals surface area contributed by atoms with E-state index in [0.717, 1.165) is 57.8 Å². The second kappa shape index (κ2) is 7.47. The third-order valence-corrected chi connectivity index (χ3v) is 6.56. The van der Waals surface area contributed by atoms with E-state index < -0.39 is 0 Å². The standard InChI is InChI=1S/C22H30N4O/c1-3-26-17-22(15-19(21(26)27)18-7-5-4-6-8-18)9-12-25(13-10-22)16-20-23-11-14-24(20)2/h4-8,11,14,19H,3,9-10,12-13,15-17H2,1-2H3/t19-/m1/s1. The smallest absolute Gasteiger partial charge is 0.230 e. The molecule has 1 amide bonds. The third kappa shape index (κ3) is 3.65. The zero-order chi connectivity index (χ0) is 18.9. The maximum Gasteiger partial charge on any atom is 0.230 e. The molecule has 5 heteroatoms. The van der Waals surface area contributed by atoms with Crippen LogP contribution in [0.5, 0.6) is 0 Å². The summed E-state index contributed by atoms with van der Waals surface area (Å²) in [7, 11) is 2.06. The van der Waals surface area contributed by atoms with Crippen molar-refractivity contribution in [1.29, 1.82) is 0 Å². The molecule has 2 aromatic rings. The maximum absolute atomic E-state index is 13.0. The Hall–Kier alpha value is -2.14. The summed E-state index contributed by atoms with van der Waals surface area (Å²) in [5, 5.41) is 0. The highest BCUT2D eigenvalue weighted by atomic mass is 16.2. The molecular weight excluding hydrogens is 336 g/mol. The fraction of sp³-hybridized carbons (Fsp3) is 0.545. The van der Waals surface area contributed by atoms with Crippen LogP contribution in [0.3, 0.4) is 0 Å². The molecule has 0 unspecified atom stereocenters. The highest BCUT2D eigenvalue weighted by Crippen LogP contribution is 2.45. The van der Waals surface area contributed by atoms with Gasteiger partial charge in [-0.05, 0) is 50.3 Å². The Labute approximate surface area is 162 Å². The normalized spacial score (nSPS) is 23.1. The zero-order valence-corrected chi connectivity index (χ0v) is 16.5. The summed E-state index contributed by atoms with van der Waals surface area (Å²) in [6.07, 6.45) is 7.19. The van der Waals surface area contributed by atoms with E-state index in [9.17, 15) is 4.79 Å². The van der Waals surface area contributed by atoms with Gasteiger partial charge in [-0.15, -0.1) is 0 Å². The summed E-state index contributed by atoms with van der Waals surface area (Å²) < 4.78 is 2.11. The van der Waals surface area contributed by atoms with Crippen LogP contribution in [0.2, 0.25) is 0 Å². The van der Waals surface area contributed by atoms with Crippen molar-refractivity contribution in [3.63, 3.8) is 0 Å². The first kappa shape index (κ1) is 18.2. The first-order valence-corrected chi connectivity index (χ1v) is 10.1. The second-order valence-electron chi connectivity index (χ2n) is 8.25. The molecule has 144 valence electrons. The van der Waals surface area contributed by atoms with E-state index in [1.165, 1.54) is 5.56 Å². The van der Waals surface area contributed by atoms with Gasteiger partial charge in [0.2, 0.25) is 5.91 Å². The molecule has 2 fully saturated rings. The minimum atomic E-state index is 0.0148. The molecule has 0 radical (unpaired) electrons. The summed E-state index contributed by atoms with van der Waals surface area (Å²) in [5.74, 6) is 1.45. The van der Waals surface area contributed by atoms with Gasteiger partial charge >= 0.3 is 0 Å². The lowest BCUT2D eigenvalue weighted by atomic mass is 9.67. The van der Waals surface area contributed by atoms with Crippen LogP contribution in [-0.4, -0.2) is 51.4 Å². The number of likely N-dealkylation sites (N-methyl/N-ethyl adjacent to an activating group) is 1. The van der Waals surface area contributed by atoms with E-state index in [-0.39, 0.29) is 11.3 Å². The van der Waals surface area contributed by atoms with Crippen molar-refractivity contribution in [2.75, 3.05) is 26.2 Å². The number of aryl methyl sites for hydroxylation is 1. The third-order valence-electron chi connectivity index (χ3n) is 6.56. The Morgan fingerprint density at radius 2 is 1.93 bits per heavy atom. The second-order valence-corrected chi connectivity index (χ2v) is 8.25. The van der Waals surface area contributed by atoms with Crippen LogP contribution in [0.1, 0.15) is 43.5 Å². The summed E-state index contributed by atoms with van der Waals surface area (Å²) in [5.41, 5.74) is 1.43. The fourth-order valence-electron chi connectivity index (χ4n) is 4.80. The number of carbonyl (C=O) groups is 1. The van der Waals surface area contributed by atoms with Crippen LogP contribution in [-0.2, 0) is 18.4 Å². The Balaban J connectivity index is 1.48. The number of imidazole rings is 1. The number of rotatable bonds is 4. The van der Waals surface area contributed by atoms with Gasteiger partial charge in [-0.2, -0.15) is 0 Å². The molecule has 5 nitrogen and oxygen atoms in total. The largest absolute Gasteiger partial charge is 0.342 e. The summed E-state index contributed by atoms with van der Waals surface area (Å²) in [4.78, 5) is 22.1. The van der Waals surface area contributed by atoms with E-state index in [2.05, 4.69) is 57.6 Å². The molecule has 2 aliphatic rings. The number of aromatic nitrogens is 2. The van der Waals surface area contributed by atoms with E-state index in [0.29, 0.717) is 5.91 Å². The number of hydrogen-bond donors (Lipinski definition) is 0. The molecule has 4 rings (SSSR count). The van der Waals surface area contributed by atoms with Crippen molar-refractivity contribution >= 4 is 5.91 Å². The molecule has 0 bridgehead atoms. The minimum absolute atomic E-state index is 0.0148. The van der Waals surface area contributed by atoms with Crippen LogP contribution in [0, 0.1) is 5.41 Å². The first-order chi connectivity index (χ1) is 13.1. The fourth-order valence-corrected chi connectivity index (χ4v) is 4.80. The number of carbonyl (C=O) groups excluding carboxylic acids is 1. The first-order valence-electron chi connectivity index (χ1n) is 10.1. The Kier molecular flexibility index (Phi) is 5.04. The average molecular weight is 367 g/mol. The Bertz CT molecular complexity index is 777. The predicted octanol–water partition coefficient (Wildman–Crippen LogP) is 3.04. The van der Waals surface area contributed by atoms with E-state index >= 15 is 0 Å². The molecule has 1 atom stereocenters. The Morgan fingerprint density at radius 3 is 2.56 bits per heavy atom. The molecule has 1 aromatic carbocycles. The van der Waals surface area contributed by atoms with Crippen LogP contribution in [0.25, 0.3) is 0 Å². The number of nitrogens with zero attached hydrogens (tertiary/aromatic N) is 4. The lowest BCUT2D eigenvalue weighted by Gasteiger charge is -2.49. The molecule has 2 saturated heterocycles. The molecule has 1 aromatic heterocycles. The van der Waals surface area contributed by atoms with Crippen molar-refractivity contribution in [3.8, 4) is 0 Å². The van der Waals surface area contributed by atoms with Crippen LogP contribution >= 0.6 is 0 Å². The van der Waals surface area contributed by atoms with Gasteiger partial charge in [-0.3, -0.25) is 9.69 Å². The topological polar surface area (TPSA) is 41.4 Å². The molecule has 1 spiro atoms. The van der Waals surface area contributed by atoms with Crippen molar-refractivity contribution in [2.24, 2.45) is 12.5 Å². The highest BCUT2D eigenvalue weighted by Gasteiger charge is 2.45. The quantitative estimate of drug-likeness (QED) is 0.835. The summed E-state index contributed by atoms with van der Waals surface area (Å²) in [6.45, 7) is 6.91. The van der Waals surface area contributed by atoms with Gasteiger partial charge < -0.3 is 9.47 Å². The molecule has 27 heavy (non-hydrogen) atoms. The van der Waals surface area contributed by atoms with Gasteiger partial charge in [0, 0.05) is 32.5 Å². The van der Waals surface area contributed by atoms with Gasteiger partial charge in [0.1, 0.15) is 5.82 Å². The number of hydrogen-bond acceptors (Lipinski definition) is 3. The van der Waals surface area contributed by atoms with Gasteiger partial charge in [0.05, 0.1) is 12.5 Å². The van der Waals surface area contributed by atoms with Gasteiger partial charge in [0.15, 0.2) is 0 Å². The number of likely N-dealkylation sites (tertiary alicyclic amines) is 2. The van der Waals surface area contributed by atoms with Crippen LogP contribution in [0.15, 0.2) is 42.7 Å². The number of benzene rings is 1. The molecule has 0 saturated carbocycles. The van der Waals surface area contributed by atoms with Crippen LogP contribution in [0.4, 0.5) is 0 Å². The monoisotopic (exact) mass is 366 g/mol. The Morgan fingerprint density at radius 1 is 1.19 bits per heavy atom. The van der Waals surface area contributed by atoms with Gasteiger partial charge in [-0.25, -0.2) is 4.98 Å². The lowest BCUT2D eigenvalue weighted by Crippen LogP contribution is -2.53. The molecule has 0 aliphatic carbocycles. The number of piperidine rings is 2. The molecule has 0 N–H and O–H groups in total. The van der Waals surface area contributed by atoms with E-state index in [1.54, 1.807) is 0 Å². The maximum atomic E-state index is 13.0. The van der Waals surface area contributed by atoms with Crippen molar-refractivity contribution in [2.45, 2.75) is 38.6 Å².